The van der Waals surface area contributed by atoms with Crippen LogP contribution in [0.5, 0.6) is 0 Å². The third-order valence-electron chi connectivity index (χ3n) is 3.16. The van der Waals surface area contributed by atoms with Crippen molar-refractivity contribution in [2.45, 2.75) is 19.9 Å². The van der Waals surface area contributed by atoms with Crippen molar-refractivity contribution in [1.29, 1.82) is 0 Å². The van der Waals surface area contributed by atoms with Gasteiger partial charge in [0.15, 0.2) is 0 Å². The van der Waals surface area contributed by atoms with Crippen LogP contribution in [0.2, 0.25) is 0 Å². The molecule has 1 amide bonds. The zero-order chi connectivity index (χ0) is 12.4. The van der Waals surface area contributed by atoms with Crippen molar-refractivity contribution in [3.8, 4) is 0 Å². The number of amides is 1. The number of carboxylic acids is 1. The molecule has 0 unspecified atom stereocenters. The Morgan fingerprint density at radius 3 is 2.65 bits per heavy atom. The summed E-state index contributed by atoms with van der Waals surface area (Å²) in [4.78, 5) is 22.3. The summed E-state index contributed by atoms with van der Waals surface area (Å²) in [5.74, 6) is -1.84. The first-order valence-corrected chi connectivity index (χ1v) is 5.64. The Morgan fingerprint density at radius 1 is 1.35 bits per heavy atom. The van der Waals surface area contributed by atoms with Gasteiger partial charge in [-0.3, -0.25) is 9.59 Å². The van der Waals surface area contributed by atoms with Crippen LogP contribution in [0.3, 0.4) is 0 Å². The van der Waals surface area contributed by atoms with Crippen molar-refractivity contribution in [2.75, 3.05) is 0 Å². The van der Waals surface area contributed by atoms with E-state index >= 15 is 0 Å². The quantitative estimate of drug-likeness (QED) is 0.824. The Morgan fingerprint density at radius 2 is 2.06 bits per heavy atom. The highest BCUT2D eigenvalue weighted by Gasteiger charge is 2.48. The molecule has 90 valence electrons. The van der Waals surface area contributed by atoms with Gasteiger partial charge in [0.25, 0.3) is 0 Å². The molecule has 4 heteroatoms. The van der Waals surface area contributed by atoms with Crippen molar-refractivity contribution >= 4 is 11.9 Å². The van der Waals surface area contributed by atoms with E-state index in [0.717, 1.165) is 11.1 Å². The largest absolute Gasteiger partial charge is 0.481 e. The minimum absolute atomic E-state index is 0.152. The highest BCUT2D eigenvalue weighted by atomic mass is 16.4. The summed E-state index contributed by atoms with van der Waals surface area (Å²) in [7, 11) is 0. The summed E-state index contributed by atoms with van der Waals surface area (Å²) < 4.78 is 0. The summed E-state index contributed by atoms with van der Waals surface area (Å²) in [6, 6.07) is 7.81. The van der Waals surface area contributed by atoms with E-state index in [1.165, 1.54) is 0 Å². The van der Waals surface area contributed by atoms with Crippen LogP contribution in [0.15, 0.2) is 24.3 Å². The normalized spacial score (nSPS) is 21.9. The lowest BCUT2D eigenvalue weighted by Crippen LogP contribution is -2.26. The van der Waals surface area contributed by atoms with Gasteiger partial charge in [0, 0.05) is 6.54 Å². The fourth-order valence-electron chi connectivity index (χ4n) is 1.88. The van der Waals surface area contributed by atoms with E-state index in [2.05, 4.69) is 5.32 Å². The number of benzene rings is 1. The molecule has 1 aromatic rings. The SMILES string of the molecule is Cc1ccccc1CNC(=O)[C@@H]1C[C@@H]1C(=O)O. The zero-order valence-corrected chi connectivity index (χ0v) is 9.64. The Kier molecular flexibility index (Phi) is 3.13. The minimum atomic E-state index is -0.874. The summed E-state index contributed by atoms with van der Waals surface area (Å²) in [6.07, 6.45) is 0.467. The van der Waals surface area contributed by atoms with Gasteiger partial charge in [0.1, 0.15) is 0 Å². The molecule has 4 nitrogen and oxygen atoms in total. The van der Waals surface area contributed by atoms with Gasteiger partial charge < -0.3 is 10.4 Å². The van der Waals surface area contributed by atoms with Gasteiger partial charge in [-0.05, 0) is 24.5 Å². The summed E-state index contributed by atoms with van der Waals surface area (Å²) >= 11 is 0. The van der Waals surface area contributed by atoms with E-state index in [0.29, 0.717) is 13.0 Å². The molecule has 0 aromatic heterocycles. The highest BCUT2D eigenvalue weighted by molar-refractivity contribution is 5.89. The van der Waals surface area contributed by atoms with Crippen molar-refractivity contribution in [3.63, 3.8) is 0 Å². The van der Waals surface area contributed by atoms with Gasteiger partial charge in [-0.15, -0.1) is 0 Å². The van der Waals surface area contributed by atoms with Gasteiger partial charge in [0.05, 0.1) is 11.8 Å². The number of carboxylic acid groups (broad SMARTS) is 1. The topological polar surface area (TPSA) is 66.4 Å². The Labute approximate surface area is 99.6 Å². The first-order valence-electron chi connectivity index (χ1n) is 5.64. The van der Waals surface area contributed by atoms with Gasteiger partial charge in [-0.2, -0.15) is 0 Å². The number of hydrogen-bond donors (Lipinski definition) is 2. The summed E-state index contributed by atoms with van der Waals surface area (Å²) in [5.41, 5.74) is 2.19. The van der Waals surface area contributed by atoms with Gasteiger partial charge in [-0.25, -0.2) is 0 Å². The smallest absolute Gasteiger partial charge is 0.307 e. The molecule has 1 fully saturated rings. The fraction of sp³-hybridized carbons (Fsp3) is 0.385. The Hall–Kier alpha value is -1.84. The third kappa shape index (κ3) is 2.64. The van der Waals surface area contributed by atoms with Crippen LogP contribution in [0, 0.1) is 18.8 Å². The molecule has 1 saturated carbocycles. The second-order valence-corrected chi connectivity index (χ2v) is 4.43. The molecule has 1 aliphatic carbocycles. The maximum absolute atomic E-state index is 11.6. The molecule has 0 bridgehead atoms. The minimum Gasteiger partial charge on any atom is -0.481 e. The van der Waals surface area contributed by atoms with Gasteiger partial charge >= 0.3 is 5.97 Å². The molecule has 2 atom stereocenters. The average Bonchev–Trinajstić information content (AvgIpc) is 3.07. The molecule has 0 radical (unpaired) electrons. The molecule has 0 saturated heterocycles. The number of carbonyl (C=O) groups excluding carboxylic acids is 1. The van der Waals surface area contributed by atoms with Crippen LogP contribution in [0.25, 0.3) is 0 Å². The monoisotopic (exact) mass is 233 g/mol. The van der Waals surface area contributed by atoms with Crippen molar-refractivity contribution in [3.05, 3.63) is 35.4 Å². The molecule has 0 heterocycles. The molecule has 0 aliphatic heterocycles. The molecule has 17 heavy (non-hydrogen) atoms. The van der Waals surface area contributed by atoms with Gasteiger partial charge in [-0.1, -0.05) is 24.3 Å². The summed E-state index contributed by atoms with van der Waals surface area (Å²) in [6.45, 7) is 2.45. The maximum Gasteiger partial charge on any atom is 0.307 e. The predicted molar refractivity (Wildman–Crippen MR) is 62.3 cm³/mol. The number of aliphatic carboxylic acids is 1. The van der Waals surface area contributed by atoms with Crippen LogP contribution in [-0.2, 0) is 16.1 Å². The first-order chi connectivity index (χ1) is 8.09. The van der Waals surface area contributed by atoms with E-state index in [4.69, 9.17) is 5.11 Å². The van der Waals surface area contributed by atoms with Gasteiger partial charge in [0.2, 0.25) is 5.91 Å². The zero-order valence-electron chi connectivity index (χ0n) is 9.64. The predicted octanol–water partition coefficient (Wildman–Crippen LogP) is 1.33. The fourth-order valence-corrected chi connectivity index (χ4v) is 1.88. The Balaban J connectivity index is 1.86. The molecule has 0 spiro atoms. The van der Waals surface area contributed by atoms with E-state index < -0.39 is 11.9 Å². The van der Waals surface area contributed by atoms with E-state index in [1.54, 1.807) is 0 Å². The van der Waals surface area contributed by atoms with Crippen molar-refractivity contribution in [1.82, 2.24) is 5.32 Å². The standard InChI is InChI=1S/C13H15NO3/c1-8-4-2-3-5-9(8)7-14-12(15)10-6-11(10)13(16)17/h2-5,10-11H,6-7H2,1H3,(H,14,15)(H,16,17)/t10-,11+/m1/s1. The Bertz CT molecular complexity index is 456. The highest BCUT2D eigenvalue weighted by Crippen LogP contribution is 2.38. The first kappa shape index (κ1) is 11.6. The lowest BCUT2D eigenvalue weighted by molar-refractivity contribution is -0.140. The maximum atomic E-state index is 11.6. The molecule has 2 rings (SSSR count). The third-order valence-corrected chi connectivity index (χ3v) is 3.16. The number of hydrogen-bond acceptors (Lipinski definition) is 2. The average molecular weight is 233 g/mol. The summed E-state index contributed by atoms with van der Waals surface area (Å²) in [5, 5.41) is 11.5. The second kappa shape index (κ2) is 4.57. The van der Waals surface area contributed by atoms with E-state index in [-0.39, 0.29) is 11.8 Å². The molecule has 2 N–H and O–H groups in total. The molecule has 1 aliphatic rings. The number of nitrogens with one attached hydrogen (secondary N) is 1. The molecule has 1 aromatic carbocycles. The number of aryl methyl sites for hydroxylation is 1. The van der Waals surface area contributed by atoms with Crippen LogP contribution in [0.4, 0.5) is 0 Å². The molecular formula is C13H15NO3. The van der Waals surface area contributed by atoms with E-state index in [1.807, 2.05) is 31.2 Å². The molecular weight excluding hydrogens is 218 g/mol. The van der Waals surface area contributed by atoms with Crippen LogP contribution < -0.4 is 5.32 Å². The van der Waals surface area contributed by atoms with Crippen molar-refractivity contribution in [2.24, 2.45) is 11.8 Å². The van der Waals surface area contributed by atoms with Crippen LogP contribution >= 0.6 is 0 Å². The number of carbonyl (C=O) groups is 2. The van der Waals surface area contributed by atoms with Crippen LogP contribution in [0.1, 0.15) is 17.5 Å². The lowest BCUT2D eigenvalue weighted by Gasteiger charge is -2.07. The van der Waals surface area contributed by atoms with Crippen LogP contribution in [-0.4, -0.2) is 17.0 Å². The lowest BCUT2D eigenvalue weighted by atomic mass is 10.1. The van der Waals surface area contributed by atoms with Crippen molar-refractivity contribution < 1.29 is 14.7 Å². The van der Waals surface area contributed by atoms with E-state index in [9.17, 15) is 9.59 Å². The number of rotatable bonds is 4. The second-order valence-electron chi connectivity index (χ2n) is 4.43.